The topological polar surface area (TPSA) is 31.0 Å². The summed E-state index contributed by atoms with van der Waals surface area (Å²) in [5.74, 6) is 0.714. The molecule has 4 heterocycles. The van der Waals surface area contributed by atoms with Gasteiger partial charge in [0.2, 0.25) is 0 Å². The molecule has 0 spiro atoms. The lowest BCUT2D eigenvalue weighted by Crippen LogP contribution is -2.21. The van der Waals surface area contributed by atoms with Crippen molar-refractivity contribution < 1.29 is 4.42 Å². The molecular formula is C106H70N2OS. The summed E-state index contributed by atoms with van der Waals surface area (Å²) in [6.45, 7) is 14.2. The van der Waals surface area contributed by atoms with Gasteiger partial charge in [-0.25, -0.2) is 4.98 Å². The summed E-state index contributed by atoms with van der Waals surface area (Å²) in [5, 5.41) is 26.6. The van der Waals surface area contributed by atoms with Crippen molar-refractivity contribution in [2.24, 2.45) is 0 Å². The zero-order valence-corrected chi connectivity index (χ0v) is 62.5. The van der Waals surface area contributed by atoms with Crippen molar-refractivity contribution in [2.75, 3.05) is 0 Å². The average molecular weight is 1420 g/mol. The van der Waals surface area contributed by atoms with Crippen LogP contribution in [0.5, 0.6) is 0 Å². The Morgan fingerprint density at radius 1 is 0.382 bits per heavy atom. The van der Waals surface area contributed by atoms with Crippen LogP contribution in [0.15, 0.2) is 295 Å². The molecule has 0 radical (unpaired) electrons. The van der Waals surface area contributed by atoms with E-state index in [2.05, 4.69) is 349 Å². The van der Waals surface area contributed by atoms with Gasteiger partial charge in [-0.3, -0.25) is 0 Å². The lowest BCUT2D eigenvalue weighted by Gasteiger charge is -2.37. The van der Waals surface area contributed by atoms with Crippen molar-refractivity contribution in [2.45, 2.75) is 69.6 Å². The minimum absolute atomic E-state index is 0.00837. The van der Waals surface area contributed by atoms with Crippen molar-refractivity contribution in [1.82, 2.24) is 9.55 Å². The van der Waals surface area contributed by atoms with Gasteiger partial charge in [0.25, 0.3) is 0 Å². The van der Waals surface area contributed by atoms with Crippen LogP contribution in [0.2, 0.25) is 0 Å². The van der Waals surface area contributed by atoms with Crippen molar-refractivity contribution >= 4 is 170 Å². The number of allylic oxidation sites excluding steroid dienone is 3. The number of nitrogens with zero attached hydrogens (tertiary/aromatic N) is 2. The molecule has 0 aliphatic heterocycles. The number of para-hydroxylation sites is 4. The van der Waals surface area contributed by atoms with E-state index in [0.717, 1.165) is 22.4 Å². The van der Waals surface area contributed by atoms with Gasteiger partial charge in [-0.2, -0.15) is 0 Å². The van der Waals surface area contributed by atoms with E-state index in [1.54, 1.807) is 0 Å². The molecule has 516 valence electrons. The highest BCUT2D eigenvalue weighted by Gasteiger charge is 2.44. The molecule has 110 heavy (non-hydrogen) atoms. The zero-order valence-electron chi connectivity index (χ0n) is 61.7. The summed E-state index contributed by atoms with van der Waals surface area (Å²) < 4.78 is 10.1. The van der Waals surface area contributed by atoms with Crippen molar-refractivity contribution in [3.05, 3.63) is 351 Å². The maximum atomic E-state index is 6.28. The van der Waals surface area contributed by atoms with Crippen LogP contribution in [0.4, 0.5) is 0 Å². The number of thiophene rings is 1. The smallest absolute Gasteiger partial charge is 0.136 e. The zero-order chi connectivity index (χ0) is 72.7. The number of aromatic nitrogens is 2. The highest BCUT2D eigenvalue weighted by atomic mass is 32.1. The first-order valence-electron chi connectivity index (χ1n) is 39.0. The maximum absolute atomic E-state index is 6.28. The van der Waals surface area contributed by atoms with Gasteiger partial charge in [-0.1, -0.05) is 260 Å². The van der Waals surface area contributed by atoms with E-state index in [-0.39, 0.29) is 16.2 Å². The number of hydrogen-bond donors (Lipinski definition) is 0. The first-order chi connectivity index (χ1) is 53.8. The summed E-state index contributed by atoms with van der Waals surface area (Å²) >= 11 is 1.94. The third-order valence-electron chi connectivity index (χ3n) is 26.8. The van der Waals surface area contributed by atoms with Gasteiger partial charge < -0.3 is 8.98 Å². The molecule has 27 rings (SSSR count). The van der Waals surface area contributed by atoms with Crippen LogP contribution in [0, 0.1) is 0 Å². The van der Waals surface area contributed by atoms with E-state index in [0.29, 0.717) is 11.8 Å². The van der Waals surface area contributed by atoms with Crippen molar-refractivity contribution in [3.63, 3.8) is 0 Å². The van der Waals surface area contributed by atoms with Crippen LogP contribution in [0.3, 0.4) is 0 Å². The van der Waals surface area contributed by atoms with Crippen molar-refractivity contribution in [3.8, 4) is 39.2 Å². The lowest BCUT2D eigenvalue weighted by molar-refractivity contribution is 0.661. The van der Waals surface area contributed by atoms with Gasteiger partial charge in [-0.05, 0) is 244 Å². The van der Waals surface area contributed by atoms with Crippen LogP contribution >= 0.6 is 11.3 Å². The Morgan fingerprint density at radius 2 is 0.973 bits per heavy atom. The first-order valence-corrected chi connectivity index (χ1v) is 39.8. The highest BCUT2D eigenvalue weighted by Crippen LogP contribution is 2.61. The number of rotatable bonds is 1. The van der Waals surface area contributed by atoms with Gasteiger partial charge >= 0.3 is 0 Å². The Bertz CT molecular complexity index is 7870. The Kier molecular flexibility index (Phi) is 11.9. The fourth-order valence-electron chi connectivity index (χ4n) is 21.9. The summed E-state index contributed by atoms with van der Waals surface area (Å²) in [7, 11) is 0. The normalized spacial score (nSPS) is 16.7. The molecule has 0 saturated carbocycles. The molecule has 21 aromatic rings. The Morgan fingerprint density at radius 3 is 1.77 bits per heavy atom. The van der Waals surface area contributed by atoms with E-state index in [1.807, 2.05) is 11.3 Å². The fourth-order valence-corrected chi connectivity index (χ4v) is 23.2. The summed E-state index contributed by atoms with van der Waals surface area (Å²) in [5.41, 5.74) is 30.2. The maximum Gasteiger partial charge on any atom is 0.136 e. The Balaban J connectivity index is 0.0000000943. The van der Waals surface area contributed by atoms with Gasteiger partial charge in [0.1, 0.15) is 11.2 Å². The molecule has 0 fully saturated rings. The second-order valence-electron chi connectivity index (χ2n) is 33.4. The lowest BCUT2D eigenvalue weighted by atomic mass is 9.65. The van der Waals surface area contributed by atoms with Crippen LogP contribution in [-0.2, 0) is 16.2 Å². The van der Waals surface area contributed by atoms with E-state index < -0.39 is 0 Å². The second-order valence-corrected chi connectivity index (χ2v) is 34.5. The number of benzene rings is 17. The summed E-state index contributed by atoms with van der Waals surface area (Å²) in [6, 6.07) is 101. The molecule has 0 bridgehead atoms. The molecule has 2 unspecified atom stereocenters. The van der Waals surface area contributed by atoms with Crippen molar-refractivity contribution in [1.29, 1.82) is 0 Å². The summed E-state index contributed by atoms with van der Waals surface area (Å²) in [6.07, 6.45) is 11.9. The average Bonchev–Trinajstić information content (AvgIpc) is 1.48. The van der Waals surface area contributed by atoms with Gasteiger partial charge in [0.05, 0.1) is 22.2 Å². The van der Waals surface area contributed by atoms with E-state index >= 15 is 0 Å². The first kappa shape index (κ1) is 61.3. The van der Waals surface area contributed by atoms with E-state index in [4.69, 9.17) is 9.40 Å². The molecule has 4 aromatic heterocycles. The van der Waals surface area contributed by atoms with E-state index in [9.17, 15) is 0 Å². The predicted molar refractivity (Wildman–Crippen MR) is 467 cm³/mol. The minimum atomic E-state index is -0.101. The van der Waals surface area contributed by atoms with Crippen LogP contribution < -0.4 is 0 Å². The Hall–Kier alpha value is -12.7. The van der Waals surface area contributed by atoms with Gasteiger partial charge in [0, 0.05) is 81.2 Å². The number of furan rings is 1. The molecule has 6 aliphatic carbocycles. The standard InChI is InChI=1S/C37H27N.C37H25N.C32H18OS/c1-36(2)26-11-7-6-10-23(26)33-24-15-13-22-19-28-34(25-16-14-21(18-27(33)36)31(24)32(22)25)35-29(37(28,3)4)17-20-9-5-8-12-30(20)38-35;1-37(2)31-14-8-6-12-25(31)29-20-22-17-19-28-34-23(16-18-27(33(22)34)35(29)37)21-30-26-13-7-9-15-32(26)38(36(28)30)24-10-4-3-5-11-24;1-2-6-18-15-27-24(13-17(18)5-1)32-23-12-9-19-14-26-31(21-7-3-4-8-25(21)33-26)22-11-10-20(16-28(32)34-27)30(23)29(19)22/h5-19H,1-4H3;3-21H,1-2H3;1-16,23,30H. The largest absolute Gasteiger partial charge is 0.456 e. The number of hydrogen-bond acceptors (Lipinski definition) is 3. The molecular weight excluding hydrogens is 1350 g/mol. The highest BCUT2D eigenvalue weighted by molar-refractivity contribution is 7.20. The monoisotopic (exact) mass is 1420 g/mol. The Labute approximate surface area is 639 Å². The van der Waals surface area contributed by atoms with E-state index in [1.165, 1.54) is 223 Å². The van der Waals surface area contributed by atoms with Gasteiger partial charge in [-0.15, -0.1) is 11.3 Å². The molecule has 0 saturated heterocycles. The number of pyridine rings is 1. The fraction of sp³-hybridized carbons (Fsp3) is 0.104. The molecule has 0 N–H and O–H groups in total. The minimum Gasteiger partial charge on any atom is -0.456 e. The molecule has 6 aliphatic rings. The molecule has 4 heteroatoms. The molecule has 2 atom stereocenters. The third-order valence-corrected chi connectivity index (χ3v) is 27.9. The SMILES string of the molecule is C1=Cc2c3c(cc4oc5ccccc5c24)C=CC2c4c(sc5cc6ccccc6cc45)C=C1C32.CC1(C)c2ccccc2-c2c1cc1ccc3c4c(cc5ccc2c1c53)C(C)(C)c1cc2ccccc2nc1-4.CC1(C)c2ccccc2-c2cc3ccc4c5c(ccc(c21)c35)cc1c2ccccc2n(-c2ccccc2)c14. The van der Waals surface area contributed by atoms with Gasteiger partial charge in [0.15, 0.2) is 0 Å². The quantitative estimate of drug-likeness (QED) is 0.153. The van der Waals surface area contributed by atoms with Crippen LogP contribution in [-0.4, -0.2) is 9.55 Å². The molecule has 0 amide bonds. The number of fused-ring (bicyclic) bond motifs is 26. The van der Waals surface area contributed by atoms with Crippen LogP contribution in [0.25, 0.3) is 198 Å². The van der Waals surface area contributed by atoms with Crippen LogP contribution in [0.1, 0.15) is 114 Å². The second kappa shape index (κ2) is 21.4. The molecule has 17 aromatic carbocycles. The summed E-state index contributed by atoms with van der Waals surface area (Å²) in [4.78, 5) is 6.70. The predicted octanol–water partition coefficient (Wildman–Crippen LogP) is 29.0. The third kappa shape index (κ3) is 7.90. The molecule has 3 nitrogen and oxygen atoms in total.